The molecule has 0 aliphatic carbocycles. The number of imide groups is 1. The molecule has 1 atom stereocenters. The number of aryl methyl sites for hydroxylation is 1. The molecule has 1 aromatic carbocycles. The van der Waals surface area contributed by atoms with Crippen molar-refractivity contribution in [1.82, 2.24) is 20.0 Å². The lowest BCUT2D eigenvalue weighted by Crippen LogP contribution is -2.31. The average Bonchev–Trinajstić information content (AvgIpc) is 3.11. The first-order valence-electron chi connectivity index (χ1n) is 7.98. The zero-order valence-corrected chi connectivity index (χ0v) is 13.8. The highest BCUT2D eigenvalue weighted by atomic mass is 16.2. The minimum atomic E-state index is -0.675. The predicted octanol–water partition coefficient (Wildman–Crippen LogP) is 1.26. The number of hydrogen-bond acceptors (Lipinski definition) is 4. The number of benzene rings is 1. The maximum atomic E-state index is 12.4. The minimum absolute atomic E-state index is 0.117. The molecule has 2 aromatic rings. The molecule has 1 aromatic heterocycles. The summed E-state index contributed by atoms with van der Waals surface area (Å²) in [5.41, 5.74) is 0.875. The Hall–Kier alpha value is -3.16. The van der Waals surface area contributed by atoms with Crippen LogP contribution in [0.5, 0.6) is 0 Å². The third-order valence-electron chi connectivity index (χ3n) is 3.93. The average molecular weight is 341 g/mol. The van der Waals surface area contributed by atoms with Crippen LogP contribution in [-0.2, 0) is 23.2 Å². The Labute approximate surface area is 144 Å². The molecule has 3 rings (SSSR count). The molecule has 4 amide bonds. The third kappa shape index (κ3) is 4.03. The molecular weight excluding hydrogens is 322 g/mol. The molecule has 8 heteroatoms. The standard InChI is InChI=1S/C17H19N5O3/c1-21-10-9-14(20-21)19-15(23)8-7-13-16(24)22(17(25)18-13)11-12-5-3-2-4-6-12/h2-6,9-10,13H,7-8,11H2,1H3,(H,18,25)(H,19,20,23). The van der Waals surface area contributed by atoms with Crippen LogP contribution in [0.3, 0.4) is 0 Å². The number of rotatable bonds is 6. The number of aromatic nitrogens is 2. The lowest BCUT2D eigenvalue weighted by atomic mass is 10.1. The summed E-state index contributed by atoms with van der Waals surface area (Å²) in [7, 11) is 1.75. The van der Waals surface area contributed by atoms with Gasteiger partial charge in [-0.2, -0.15) is 5.10 Å². The van der Waals surface area contributed by atoms with Crippen molar-refractivity contribution in [1.29, 1.82) is 0 Å². The number of amides is 4. The van der Waals surface area contributed by atoms with E-state index < -0.39 is 12.1 Å². The monoisotopic (exact) mass is 341 g/mol. The molecule has 0 saturated carbocycles. The summed E-state index contributed by atoms with van der Waals surface area (Å²) in [5, 5.41) is 9.35. The molecule has 25 heavy (non-hydrogen) atoms. The van der Waals surface area contributed by atoms with Crippen molar-refractivity contribution in [2.45, 2.75) is 25.4 Å². The van der Waals surface area contributed by atoms with Crippen LogP contribution in [-0.4, -0.2) is 38.6 Å². The van der Waals surface area contributed by atoms with Crippen LogP contribution in [0.4, 0.5) is 10.6 Å². The molecule has 1 unspecified atom stereocenters. The molecule has 0 bridgehead atoms. The molecule has 130 valence electrons. The number of anilines is 1. The number of carbonyl (C=O) groups is 3. The van der Waals surface area contributed by atoms with Gasteiger partial charge in [-0.15, -0.1) is 0 Å². The zero-order chi connectivity index (χ0) is 17.8. The van der Waals surface area contributed by atoms with Crippen LogP contribution in [0.15, 0.2) is 42.6 Å². The van der Waals surface area contributed by atoms with Gasteiger partial charge in [0.05, 0.1) is 6.54 Å². The zero-order valence-electron chi connectivity index (χ0n) is 13.8. The van der Waals surface area contributed by atoms with E-state index in [2.05, 4.69) is 15.7 Å². The predicted molar refractivity (Wildman–Crippen MR) is 90.4 cm³/mol. The van der Waals surface area contributed by atoms with Gasteiger partial charge in [0.1, 0.15) is 6.04 Å². The lowest BCUT2D eigenvalue weighted by molar-refractivity contribution is -0.128. The Kier molecular flexibility index (Phi) is 4.78. The molecule has 2 N–H and O–H groups in total. The van der Waals surface area contributed by atoms with E-state index in [4.69, 9.17) is 0 Å². The van der Waals surface area contributed by atoms with E-state index in [1.807, 2.05) is 30.3 Å². The number of carbonyl (C=O) groups excluding carboxylic acids is 3. The van der Waals surface area contributed by atoms with E-state index in [9.17, 15) is 14.4 Å². The van der Waals surface area contributed by atoms with Gasteiger partial charge in [-0.3, -0.25) is 19.2 Å². The van der Waals surface area contributed by atoms with Gasteiger partial charge in [0, 0.05) is 25.7 Å². The van der Waals surface area contributed by atoms with Crippen LogP contribution in [0.25, 0.3) is 0 Å². The van der Waals surface area contributed by atoms with Gasteiger partial charge in [-0.05, 0) is 12.0 Å². The normalized spacial score (nSPS) is 16.8. The summed E-state index contributed by atoms with van der Waals surface area (Å²) >= 11 is 0. The summed E-state index contributed by atoms with van der Waals surface area (Å²) in [6.07, 6.45) is 2.08. The van der Waals surface area contributed by atoms with E-state index in [0.717, 1.165) is 5.56 Å². The second-order valence-electron chi connectivity index (χ2n) is 5.87. The van der Waals surface area contributed by atoms with Crippen molar-refractivity contribution in [3.05, 3.63) is 48.2 Å². The summed E-state index contributed by atoms with van der Waals surface area (Å²) in [5.74, 6) is -0.0956. The van der Waals surface area contributed by atoms with Crippen LogP contribution in [0.1, 0.15) is 18.4 Å². The van der Waals surface area contributed by atoms with Gasteiger partial charge in [0.2, 0.25) is 5.91 Å². The molecule has 2 heterocycles. The smallest absolute Gasteiger partial charge is 0.325 e. The van der Waals surface area contributed by atoms with Gasteiger partial charge < -0.3 is 10.6 Å². The first kappa shape index (κ1) is 16.7. The Morgan fingerprint density at radius 2 is 2.00 bits per heavy atom. The highest BCUT2D eigenvalue weighted by Gasteiger charge is 2.37. The van der Waals surface area contributed by atoms with E-state index >= 15 is 0 Å². The second kappa shape index (κ2) is 7.16. The number of nitrogens with zero attached hydrogens (tertiary/aromatic N) is 3. The van der Waals surface area contributed by atoms with Crippen LogP contribution >= 0.6 is 0 Å². The first-order chi connectivity index (χ1) is 12.0. The molecule has 0 radical (unpaired) electrons. The molecule has 1 aliphatic rings. The molecule has 1 fully saturated rings. The highest BCUT2D eigenvalue weighted by Crippen LogP contribution is 2.15. The van der Waals surface area contributed by atoms with Crippen LogP contribution in [0, 0.1) is 0 Å². The Morgan fingerprint density at radius 3 is 2.68 bits per heavy atom. The highest BCUT2D eigenvalue weighted by molar-refractivity contribution is 6.04. The summed E-state index contributed by atoms with van der Waals surface area (Å²) in [6, 6.07) is 9.87. The van der Waals surface area contributed by atoms with Crippen molar-refractivity contribution >= 4 is 23.7 Å². The van der Waals surface area contributed by atoms with Crippen LogP contribution in [0.2, 0.25) is 0 Å². The van der Waals surface area contributed by atoms with E-state index in [-0.39, 0.29) is 31.2 Å². The number of hydrogen-bond donors (Lipinski definition) is 2. The quantitative estimate of drug-likeness (QED) is 0.773. The fourth-order valence-electron chi connectivity index (χ4n) is 2.65. The molecule has 8 nitrogen and oxygen atoms in total. The van der Waals surface area contributed by atoms with Crippen molar-refractivity contribution < 1.29 is 14.4 Å². The van der Waals surface area contributed by atoms with Gasteiger partial charge in [-0.25, -0.2) is 4.79 Å². The van der Waals surface area contributed by atoms with Gasteiger partial charge in [0.25, 0.3) is 5.91 Å². The maximum Gasteiger partial charge on any atom is 0.325 e. The van der Waals surface area contributed by atoms with E-state index in [1.54, 1.807) is 24.0 Å². The summed E-state index contributed by atoms with van der Waals surface area (Å²) in [4.78, 5) is 37.5. The third-order valence-corrected chi connectivity index (χ3v) is 3.93. The Morgan fingerprint density at radius 1 is 1.24 bits per heavy atom. The maximum absolute atomic E-state index is 12.4. The minimum Gasteiger partial charge on any atom is -0.326 e. The topological polar surface area (TPSA) is 96.3 Å². The van der Waals surface area contributed by atoms with Crippen molar-refractivity contribution in [3.63, 3.8) is 0 Å². The Bertz CT molecular complexity index is 787. The van der Waals surface area contributed by atoms with Gasteiger partial charge in [-0.1, -0.05) is 30.3 Å². The van der Waals surface area contributed by atoms with Crippen molar-refractivity contribution in [2.75, 3.05) is 5.32 Å². The Balaban J connectivity index is 1.52. The SMILES string of the molecule is Cn1ccc(NC(=O)CCC2NC(=O)N(Cc3ccccc3)C2=O)n1. The summed E-state index contributed by atoms with van der Waals surface area (Å²) in [6.45, 7) is 0.224. The van der Waals surface area contributed by atoms with Gasteiger partial charge >= 0.3 is 6.03 Å². The van der Waals surface area contributed by atoms with Crippen LogP contribution < -0.4 is 10.6 Å². The first-order valence-corrected chi connectivity index (χ1v) is 7.98. The van der Waals surface area contributed by atoms with Gasteiger partial charge in [0.15, 0.2) is 5.82 Å². The van der Waals surface area contributed by atoms with Crippen molar-refractivity contribution in [2.24, 2.45) is 7.05 Å². The fraction of sp³-hybridized carbons (Fsp3) is 0.294. The molecule has 1 saturated heterocycles. The number of urea groups is 1. The fourth-order valence-corrected chi connectivity index (χ4v) is 2.65. The van der Waals surface area contributed by atoms with Crippen molar-refractivity contribution in [3.8, 4) is 0 Å². The largest absolute Gasteiger partial charge is 0.326 e. The lowest BCUT2D eigenvalue weighted by Gasteiger charge is -2.13. The van der Waals surface area contributed by atoms with E-state index in [0.29, 0.717) is 5.82 Å². The second-order valence-corrected chi connectivity index (χ2v) is 5.87. The molecule has 0 spiro atoms. The molecular formula is C17H19N5O3. The number of nitrogens with one attached hydrogen (secondary N) is 2. The molecule has 1 aliphatic heterocycles. The van der Waals surface area contributed by atoms with E-state index in [1.165, 1.54) is 4.90 Å². The summed E-state index contributed by atoms with van der Waals surface area (Å²) < 4.78 is 1.58.